The van der Waals surface area contributed by atoms with Crippen LogP contribution in [0.15, 0.2) is 50.8 Å². The van der Waals surface area contributed by atoms with Crippen LogP contribution in [-0.2, 0) is 18.3 Å². The molecule has 12 heteroatoms. The van der Waals surface area contributed by atoms with E-state index in [0.29, 0.717) is 15.8 Å². The predicted molar refractivity (Wildman–Crippen MR) is 160 cm³/mol. The van der Waals surface area contributed by atoms with Crippen molar-refractivity contribution in [2.45, 2.75) is 32.2 Å². The Morgan fingerprint density at radius 3 is 2.65 bits per heavy atom. The number of carbonyl (C=O) groups is 1. The van der Waals surface area contributed by atoms with Crippen molar-refractivity contribution in [1.82, 2.24) is 19.4 Å². The zero-order valence-corrected chi connectivity index (χ0v) is 24.0. The lowest BCUT2D eigenvalue weighted by Crippen LogP contribution is -2.37. The summed E-state index contributed by atoms with van der Waals surface area (Å²) < 4.78 is 18.0. The molecule has 1 saturated carbocycles. The van der Waals surface area contributed by atoms with Crippen LogP contribution in [0.4, 0.5) is 21.6 Å². The number of aromatic amines is 1. The van der Waals surface area contributed by atoms with Gasteiger partial charge in [0.2, 0.25) is 5.91 Å². The summed E-state index contributed by atoms with van der Waals surface area (Å²) in [6, 6.07) is 10.3. The first kappa shape index (κ1) is 26.3. The number of pyridine rings is 1. The molecule has 1 fully saturated rings. The number of benzene rings is 2. The minimum absolute atomic E-state index is 0.0401. The van der Waals surface area contributed by atoms with Crippen molar-refractivity contribution in [3.05, 3.63) is 88.1 Å². The Morgan fingerprint density at radius 1 is 1.15 bits per heavy atom. The quantitative estimate of drug-likeness (QED) is 0.275. The fraction of sp³-hybridized carbons (Fsp3) is 0.286. The van der Waals surface area contributed by atoms with Gasteiger partial charge in [-0.3, -0.25) is 28.5 Å². The van der Waals surface area contributed by atoms with Gasteiger partial charge in [-0.05, 0) is 84.7 Å². The lowest BCUT2D eigenvalue weighted by Gasteiger charge is -2.21. The normalized spacial score (nSPS) is 14.4. The van der Waals surface area contributed by atoms with Crippen LogP contribution in [-0.4, -0.2) is 39.2 Å². The Labute approximate surface area is 241 Å². The number of nitrogens with zero attached hydrogens (tertiary/aromatic N) is 3. The maximum absolute atomic E-state index is 14.8. The molecule has 0 spiro atoms. The molecule has 2 aromatic carbocycles. The third kappa shape index (κ3) is 4.59. The van der Waals surface area contributed by atoms with Crippen molar-refractivity contribution in [1.29, 1.82) is 0 Å². The second-order valence-electron chi connectivity index (χ2n) is 10.2. The molecule has 0 unspecified atom stereocenters. The number of aryl methyl sites for hydroxylation is 1. The standard InChI is InChI=1S/C28H26FIN6O4/c1-14-24-23(25(34(2)27(14)39)32-20-8-4-16(30)11-19(20)29)26(38)33-28(40)36(24)18-7-3-15-9-10-35(21(15)12-18)13-22(37)31-17-5-6-17/h3-4,7-8,11-12,17,32H,5-6,9-10,13H2,1-2H3,(H,31,37)(H,33,38,40). The minimum Gasteiger partial charge on any atom is -0.362 e. The van der Waals surface area contributed by atoms with E-state index in [0.717, 1.165) is 30.5 Å². The molecule has 2 aromatic heterocycles. The van der Waals surface area contributed by atoms with Crippen molar-refractivity contribution in [2.75, 3.05) is 23.3 Å². The van der Waals surface area contributed by atoms with Gasteiger partial charge in [0, 0.05) is 34.5 Å². The summed E-state index contributed by atoms with van der Waals surface area (Å²) >= 11 is 1.99. The highest BCUT2D eigenvalue weighted by atomic mass is 127. The van der Waals surface area contributed by atoms with Gasteiger partial charge in [0.1, 0.15) is 17.0 Å². The number of halogens is 2. The van der Waals surface area contributed by atoms with Crippen LogP contribution in [0.5, 0.6) is 0 Å². The molecule has 206 valence electrons. The molecule has 6 rings (SSSR count). The number of anilines is 3. The van der Waals surface area contributed by atoms with Gasteiger partial charge in [0.15, 0.2) is 0 Å². The molecule has 3 heterocycles. The van der Waals surface area contributed by atoms with Gasteiger partial charge < -0.3 is 15.5 Å². The smallest absolute Gasteiger partial charge is 0.333 e. The zero-order valence-electron chi connectivity index (χ0n) is 21.8. The van der Waals surface area contributed by atoms with Crippen LogP contribution < -0.4 is 32.3 Å². The van der Waals surface area contributed by atoms with E-state index in [1.54, 1.807) is 25.1 Å². The second kappa shape index (κ2) is 9.91. The van der Waals surface area contributed by atoms with Crippen LogP contribution in [0.3, 0.4) is 0 Å². The molecule has 0 saturated heterocycles. The molecule has 1 aliphatic carbocycles. The number of carbonyl (C=O) groups excluding carboxylic acids is 1. The summed E-state index contributed by atoms with van der Waals surface area (Å²) in [5.41, 5.74) is 0.817. The Morgan fingerprint density at radius 2 is 1.93 bits per heavy atom. The fourth-order valence-corrected chi connectivity index (χ4v) is 5.71. The summed E-state index contributed by atoms with van der Waals surface area (Å²) in [6.07, 6.45) is 2.75. The van der Waals surface area contributed by atoms with Crippen molar-refractivity contribution in [2.24, 2.45) is 7.05 Å². The third-order valence-corrected chi connectivity index (χ3v) is 8.11. The van der Waals surface area contributed by atoms with E-state index in [9.17, 15) is 23.6 Å². The predicted octanol–water partition coefficient (Wildman–Crippen LogP) is 2.81. The van der Waals surface area contributed by atoms with Gasteiger partial charge in [-0.1, -0.05) is 6.07 Å². The lowest BCUT2D eigenvalue weighted by molar-refractivity contribution is -0.119. The van der Waals surface area contributed by atoms with E-state index in [-0.39, 0.29) is 46.5 Å². The minimum atomic E-state index is -0.712. The Bertz CT molecular complexity index is 1890. The number of hydrogen-bond acceptors (Lipinski definition) is 6. The Hall–Kier alpha value is -3.94. The Kier molecular flexibility index (Phi) is 6.51. The molecule has 0 radical (unpaired) electrons. The number of amides is 1. The first-order chi connectivity index (χ1) is 19.1. The van der Waals surface area contributed by atoms with Crippen molar-refractivity contribution in [3.63, 3.8) is 0 Å². The number of hydrogen-bond donors (Lipinski definition) is 3. The molecule has 0 bridgehead atoms. The van der Waals surface area contributed by atoms with Crippen molar-refractivity contribution in [3.8, 4) is 5.69 Å². The maximum Gasteiger partial charge on any atom is 0.333 e. The van der Waals surface area contributed by atoms with E-state index in [1.807, 2.05) is 33.6 Å². The molecular weight excluding hydrogens is 630 g/mol. The van der Waals surface area contributed by atoms with Gasteiger partial charge in [-0.15, -0.1) is 0 Å². The first-order valence-electron chi connectivity index (χ1n) is 12.9. The summed E-state index contributed by atoms with van der Waals surface area (Å²) in [5.74, 6) is -0.548. The second-order valence-corrected chi connectivity index (χ2v) is 11.5. The van der Waals surface area contributed by atoms with Crippen molar-refractivity contribution < 1.29 is 9.18 Å². The van der Waals surface area contributed by atoms with E-state index < -0.39 is 22.6 Å². The molecular formula is C28H26FIN6O4. The van der Waals surface area contributed by atoms with Crippen LogP contribution in [0.1, 0.15) is 24.0 Å². The monoisotopic (exact) mass is 656 g/mol. The largest absolute Gasteiger partial charge is 0.362 e. The molecule has 10 nitrogen and oxygen atoms in total. The van der Waals surface area contributed by atoms with E-state index in [1.165, 1.54) is 28.3 Å². The van der Waals surface area contributed by atoms with Gasteiger partial charge in [0.25, 0.3) is 11.1 Å². The average Bonchev–Trinajstić information content (AvgIpc) is 3.64. The molecule has 4 aromatic rings. The summed E-state index contributed by atoms with van der Waals surface area (Å²) in [6.45, 7) is 2.41. The number of aromatic nitrogens is 3. The summed E-state index contributed by atoms with van der Waals surface area (Å²) in [4.78, 5) is 56.7. The summed E-state index contributed by atoms with van der Waals surface area (Å²) in [5, 5.41) is 5.95. The van der Waals surface area contributed by atoms with E-state index >= 15 is 0 Å². The Balaban J connectivity index is 1.52. The summed E-state index contributed by atoms with van der Waals surface area (Å²) in [7, 11) is 1.48. The zero-order chi connectivity index (χ0) is 28.3. The first-order valence-corrected chi connectivity index (χ1v) is 14.0. The van der Waals surface area contributed by atoms with E-state index in [4.69, 9.17) is 0 Å². The molecule has 3 N–H and O–H groups in total. The molecule has 0 atom stereocenters. The fourth-order valence-electron chi connectivity index (χ4n) is 5.26. The maximum atomic E-state index is 14.8. The molecule has 2 aliphatic rings. The number of nitrogens with one attached hydrogen (secondary N) is 3. The van der Waals surface area contributed by atoms with Crippen LogP contribution in [0.25, 0.3) is 16.6 Å². The van der Waals surface area contributed by atoms with Gasteiger partial charge in [-0.2, -0.15) is 0 Å². The van der Waals surface area contributed by atoms with Crippen molar-refractivity contribution >= 4 is 56.6 Å². The SMILES string of the molecule is Cc1c(=O)n(C)c(Nc2ccc(I)cc2F)c2c(=O)[nH]c(=O)n(-c3ccc4c(c3)N(CC(=O)NC3CC3)CC4)c12. The highest BCUT2D eigenvalue weighted by Gasteiger charge is 2.27. The van der Waals surface area contributed by atoms with Crippen LogP contribution in [0.2, 0.25) is 0 Å². The topological polar surface area (TPSA) is 121 Å². The highest BCUT2D eigenvalue weighted by molar-refractivity contribution is 14.1. The number of H-pyrrole nitrogens is 1. The van der Waals surface area contributed by atoms with Crippen LogP contribution >= 0.6 is 22.6 Å². The van der Waals surface area contributed by atoms with Gasteiger partial charge in [-0.25, -0.2) is 9.18 Å². The molecule has 1 aliphatic heterocycles. The molecule has 1 amide bonds. The highest BCUT2D eigenvalue weighted by Crippen LogP contribution is 2.32. The lowest BCUT2D eigenvalue weighted by atomic mass is 10.1. The van der Waals surface area contributed by atoms with Gasteiger partial charge in [0.05, 0.1) is 23.4 Å². The molecule has 40 heavy (non-hydrogen) atoms. The number of rotatable bonds is 6. The average molecular weight is 656 g/mol. The number of fused-ring (bicyclic) bond motifs is 2. The van der Waals surface area contributed by atoms with E-state index in [2.05, 4.69) is 15.6 Å². The van der Waals surface area contributed by atoms with Crippen LogP contribution in [0, 0.1) is 16.3 Å². The third-order valence-electron chi connectivity index (χ3n) is 7.44. The van der Waals surface area contributed by atoms with Gasteiger partial charge >= 0.3 is 5.69 Å².